The number of carboxylic acids is 2. The molecule has 0 saturated carbocycles. The topological polar surface area (TPSA) is 255 Å². The molecule has 140 valence electrons. The van der Waals surface area contributed by atoms with E-state index in [2.05, 4.69) is 15.3 Å². The third-order valence-electron chi connectivity index (χ3n) is 2.32. The Bertz CT molecular complexity index is 427. The molecule has 0 aromatic heterocycles. The molecular formula is C11H25N7O6. The lowest BCUT2D eigenvalue weighted by molar-refractivity contribution is -0.139. The molecule has 0 aromatic carbocycles. The summed E-state index contributed by atoms with van der Waals surface area (Å²) < 4.78 is 0. The first-order chi connectivity index (χ1) is 11.1. The Balaban J connectivity index is 0. The van der Waals surface area contributed by atoms with Gasteiger partial charge in [-0.1, -0.05) is 0 Å². The van der Waals surface area contributed by atoms with Crippen LogP contribution in [0, 0.1) is 0 Å². The fourth-order valence-electron chi connectivity index (χ4n) is 1.08. The largest absolute Gasteiger partial charge is 0.480 e. The van der Waals surface area contributed by atoms with Gasteiger partial charge in [0.05, 0.1) is 0 Å². The van der Waals surface area contributed by atoms with Gasteiger partial charge in [-0.2, -0.15) is 0 Å². The molecule has 0 heterocycles. The van der Waals surface area contributed by atoms with Gasteiger partial charge in [0.25, 0.3) is 0 Å². The summed E-state index contributed by atoms with van der Waals surface area (Å²) in [5, 5.41) is 22.2. The van der Waals surface area contributed by atoms with Gasteiger partial charge in [-0.25, -0.2) is 4.79 Å². The molecule has 0 saturated heterocycles. The monoisotopic (exact) mass is 351 g/mol. The third kappa shape index (κ3) is 17.3. The van der Waals surface area contributed by atoms with E-state index in [0.29, 0.717) is 19.4 Å². The fraction of sp³-hybridized carbons (Fsp3) is 0.636. The Kier molecular flexibility index (Phi) is 13.5. The van der Waals surface area contributed by atoms with E-state index in [1.807, 2.05) is 0 Å². The van der Waals surface area contributed by atoms with Gasteiger partial charge in [0.15, 0.2) is 0 Å². The number of carbonyl (C=O) groups is 3. The zero-order chi connectivity index (χ0) is 19.1. The van der Waals surface area contributed by atoms with Gasteiger partial charge in [-0.05, 0) is 18.0 Å². The molecule has 2 amide bonds. The van der Waals surface area contributed by atoms with Crippen molar-refractivity contribution in [2.75, 3.05) is 13.2 Å². The van der Waals surface area contributed by atoms with E-state index in [4.69, 9.17) is 38.9 Å². The number of nitrogens with one attached hydrogen (secondary N) is 1. The number of rotatable bonds is 10. The Labute approximate surface area is 138 Å². The number of oxime groups is 1. The summed E-state index contributed by atoms with van der Waals surface area (Å²) in [5.41, 5.74) is 25.0. The lowest BCUT2D eigenvalue weighted by Crippen LogP contribution is -2.33. The van der Waals surface area contributed by atoms with Gasteiger partial charge in [0, 0.05) is 13.0 Å². The minimum absolute atomic E-state index is 0.0748. The molecule has 0 aromatic rings. The van der Waals surface area contributed by atoms with Crippen LogP contribution in [-0.2, 0) is 14.4 Å². The van der Waals surface area contributed by atoms with Crippen LogP contribution in [0.3, 0.4) is 0 Å². The Hall–Kier alpha value is -2.80. The number of carbonyl (C=O) groups excluding carboxylic acids is 1. The Morgan fingerprint density at radius 1 is 1.00 bits per heavy atom. The van der Waals surface area contributed by atoms with Gasteiger partial charge in [-0.15, -0.1) is 0 Å². The summed E-state index contributed by atoms with van der Waals surface area (Å²) >= 11 is 0. The van der Waals surface area contributed by atoms with Crippen LogP contribution in [0.25, 0.3) is 0 Å². The second-order valence-corrected chi connectivity index (χ2v) is 4.46. The minimum atomic E-state index is -1.08. The maximum Gasteiger partial charge on any atom is 0.320 e. The zero-order valence-electron chi connectivity index (χ0n) is 13.1. The quantitative estimate of drug-likeness (QED) is 0.0847. The molecule has 2 atom stereocenters. The highest BCUT2D eigenvalue weighted by atomic mass is 16.6. The van der Waals surface area contributed by atoms with Gasteiger partial charge in [0.2, 0.25) is 5.96 Å². The molecule has 0 radical (unpaired) electrons. The molecule has 0 aliphatic carbocycles. The first-order valence-electron chi connectivity index (χ1n) is 6.78. The van der Waals surface area contributed by atoms with Crippen molar-refractivity contribution < 1.29 is 29.4 Å². The van der Waals surface area contributed by atoms with E-state index in [9.17, 15) is 14.4 Å². The summed E-state index contributed by atoms with van der Waals surface area (Å²) in [6.07, 6.45) is 0.998. The van der Waals surface area contributed by atoms with Crippen LogP contribution in [0.1, 0.15) is 19.3 Å². The van der Waals surface area contributed by atoms with Crippen molar-refractivity contribution in [3.8, 4) is 0 Å². The molecule has 0 spiro atoms. The zero-order valence-corrected chi connectivity index (χ0v) is 13.1. The number of nitrogens with two attached hydrogens (primary N) is 5. The molecule has 0 aliphatic rings. The lowest BCUT2D eigenvalue weighted by Gasteiger charge is -2.05. The molecule has 0 bridgehead atoms. The van der Waals surface area contributed by atoms with Gasteiger partial charge >= 0.3 is 18.0 Å². The number of urea groups is 1. The molecule has 0 fully saturated rings. The number of guanidine groups is 1. The minimum Gasteiger partial charge on any atom is -0.480 e. The maximum absolute atomic E-state index is 10.2. The summed E-state index contributed by atoms with van der Waals surface area (Å²) in [4.78, 5) is 35.0. The number of primary amides is 1. The highest BCUT2D eigenvalue weighted by Gasteiger charge is 2.10. The Morgan fingerprint density at radius 3 is 1.92 bits per heavy atom. The molecule has 24 heavy (non-hydrogen) atoms. The molecule has 13 heteroatoms. The Morgan fingerprint density at radius 2 is 1.50 bits per heavy atom. The first kappa shape index (κ1) is 23.5. The molecule has 2 unspecified atom stereocenters. The molecule has 0 rings (SSSR count). The van der Waals surface area contributed by atoms with Crippen molar-refractivity contribution in [3.05, 3.63) is 0 Å². The summed E-state index contributed by atoms with van der Waals surface area (Å²) in [7, 11) is 0. The molecule has 0 aliphatic heterocycles. The smallest absolute Gasteiger partial charge is 0.320 e. The van der Waals surface area contributed by atoms with Crippen molar-refractivity contribution in [1.29, 1.82) is 0 Å². The highest BCUT2D eigenvalue weighted by molar-refractivity contribution is 5.75. The van der Waals surface area contributed by atoms with Crippen molar-refractivity contribution >= 4 is 23.9 Å². The normalized spacial score (nSPS) is 11.9. The maximum atomic E-state index is 10.2. The van der Waals surface area contributed by atoms with Crippen LogP contribution < -0.4 is 34.0 Å². The number of carboxylic acid groups (broad SMARTS) is 2. The number of aliphatic carboxylic acids is 2. The third-order valence-corrected chi connectivity index (χ3v) is 2.32. The second-order valence-electron chi connectivity index (χ2n) is 4.46. The predicted molar refractivity (Wildman–Crippen MR) is 84.4 cm³/mol. The molecular weight excluding hydrogens is 326 g/mol. The van der Waals surface area contributed by atoms with E-state index >= 15 is 0 Å². The standard InChI is InChI=1S/C6H13N3O3.C5H12N4O3/c7-4(5(10)11)2-1-3-9-6(8)12;6-3(4(10)11)1-2-12-9-5(7)8/h4H,1-3,7H2,(H,10,11)(H3,8,9,12);3H,1-2,6H2,(H,10,11)(H4,7,8,9). The van der Waals surface area contributed by atoms with Crippen LogP contribution in [0.2, 0.25) is 0 Å². The number of hydrogen-bond acceptors (Lipinski definition) is 7. The second kappa shape index (κ2) is 13.8. The van der Waals surface area contributed by atoms with Crippen LogP contribution in [0.15, 0.2) is 5.16 Å². The van der Waals surface area contributed by atoms with Crippen LogP contribution in [-0.4, -0.2) is 59.4 Å². The van der Waals surface area contributed by atoms with E-state index in [0.717, 1.165) is 0 Å². The average Bonchev–Trinajstić information content (AvgIpc) is 2.47. The number of hydrogen-bond donors (Lipinski definition) is 8. The van der Waals surface area contributed by atoms with E-state index in [1.165, 1.54) is 0 Å². The summed E-state index contributed by atoms with van der Waals surface area (Å²) in [6.45, 7) is 0.432. The van der Waals surface area contributed by atoms with Crippen molar-refractivity contribution in [1.82, 2.24) is 5.32 Å². The average molecular weight is 351 g/mol. The van der Waals surface area contributed by atoms with E-state index < -0.39 is 30.1 Å². The van der Waals surface area contributed by atoms with Gasteiger partial charge in [-0.3, -0.25) is 9.59 Å². The van der Waals surface area contributed by atoms with Crippen LogP contribution in [0.5, 0.6) is 0 Å². The van der Waals surface area contributed by atoms with Crippen LogP contribution >= 0.6 is 0 Å². The van der Waals surface area contributed by atoms with E-state index in [-0.39, 0.29) is 19.0 Å². The van der Waals surface area contributed by atoms with Crippen LogP contribution in [0.4, 0.5) is 4.79 Å². The highest BCUT2D eigenvalue weighted by Crippen LogP contribution is 1.92. The lowest BCUT2D eigenvalue weighted by atomic mass is 10.2. The van der Waals surface area contributed by atoms with Gasteiger partial charge in [0.1, 0.15) is 18.7 Å². The van der Waals surface area contributed by atoms with Gasteiger partial charge < -0.3 is 49.0 Å². The molecule has 13 N–H and O–H groups in total. The summed E-state index contributed by atoms with van der Waals surface area (Å²) in [6, 6.07) is -2.42. The fourth-order valence-corrected chi connectivity index (χ4v) is 1.08. The summed E-state index contributed by atoms with van der Waals surface area (Å²) in [5.74, 6) is -2.32. The first-order valence-corrected chi connectivity index (χ1v) is 6.78. The number of amides is 2. The van der Waals surface area contributed by atoms with Crippen molar-refractivity contribution in [2.45, 2.75) is 31.3 Å². The SMILES string of the molecule is NC(=O)NCCCC(N)C(=O)O.NC(N)=NOCCC(N)C(=O)O. The van der Waals surface area contributed by atoms with Crippen molar-refractivity contribution in [3.63, 3.8) is 0 Å². The predicted octanol–water partition coefficient (Wildman–Crippen LogP) is -3.16. The molecule has 13 nitrogen and oxygen atoms in total. The van der Waals surface area contributed by atoms with Crippen molar-refractivity contribution in [2.24, 2.45) is 33.8 Å². The number of nitrogens with zero attached hydrogens (tertiary/aromatic N) is 1. The van der Waals surface area contributed by atoms with E-state index in [1.54, 1.807) is 0 Å².